The van der Waals surface area contributed by atoms with Crippen LogP contribution in [0.3, 0.4) is 0 Å². The zero-order valence-electron chi connectivity index (χ0n) is 16.0. The van der Waals surface area contributed by atoms with Gasteiger partial charge >= 0.3 is 0 Å². The molecule has 1 unspecified atom stereocenters. The van der Waals surface area contributed by atoms with Crippen molar-refractivity contribution < 1.29 is 4.79 Å². The van der Waals surface area contributed by atoms with Gasteiger partial charge in [0.25, 0.3) is 0 Å². The lowest BCUT2D eigenvalue weighted by atomic mass is 9.63. The Bertz CT molecular complexity index is 947. The Kier molecular flexibility index (Phi) is 4.94. The fourth-order valence-electron chi connectivity index (χ4n) is 3.91. The molecule has 1 atom stereocenters. The molecule has 28 heavy (non-hydrogen) atoms. The van der Waals surface area contributed by atoms with E-state index in [0.29, 0.717) is 5.02 Å². The highest BCUT2D eigenvalue weighted by Crippen LogP contribution is 2.46. The van der Waals surface area contributed by atoms with Crippen molar-refractivity contribution in [2.75, 3.05) is 7.05 Å². The van der Waals surface area contributed by atoms with E-state index < -0.39 is 5.41 Å². The molecule has 1 aliphatic carbocycles. The Balaban J connectivity index is 1.55. The fraction of sp³-hybridized carbons (Fsp3) is 0.318. The Hall–Kier alpha value is -2.66. The maximum Gasteiger partial charge on any atom is 0.233 e. The Labute approximate surface area is 170 Å². The Morgan fingerprint density at radius 2 is 1.82 bits per heavy atom. The summed E-state index contributed by atoms with van der Waals surface area (Å²) in [6.07, 6.45) is 6.02. The third-order valence-electron chi connectivity index (χ3n) is 5.97. The number of benzene rings is 2. The van der Waals surface area contributed by atoms with Crippen molar-refractivity contribution >= 4 is 17.5 Å². The molecule has 1 amide bonds. The van der Waals surface area contributed by atoms with Crippen molar-refractivity contribution in [3.05, 3.63) is 77.3 Å². The van der Waals surface area contributed by atoms with Crippen LogP contribution in [0.2, 0.25) is 5.02 Å². The minimum atomic E-state index is -0.422. The summed E-state index contributed by atoms with van der Waals surface area (Å²) in [4.78, 5) is 19.3. The van der Waals surface area contributed by atoms with Crippen molar-refractivity contribution in [1.29, 1.82) is 0 Å². The van der Waals surface area contributed by atoms with Crippen molar-refractivity contribution in [2.24, 2.45) is 0 Å². The standard InChI is InChI=1S/C22H23ClN4O/c1-16(17-4-10-20(11-5-17)27-15-24-14-25-27)26(2)21(28)22(12-3-13-22)18-6-8-19(23)9-7-18/h4-11,14-16H,3,12-13H2,1-2H3. The van der Waals surface area contributed by atoms with Gasteiger partial charge in [0.2, 0.25) is 5.91 Å². The molecule has 1 aromatic heterocycles. The topological polar surface area (TPSA) is 51.0 Å². The van der Waals surface area contributed by atoms with Crippen LogP contribution in [0.5, 0.6) is 0 Å². The van der Waals surface area contributed by atoms with Crippen molar-refractivity contribution in [3.8, 4) is 5.69 Å². The first-order valence-electron chi connectivity index (χ1n) is 9.49. The van der Waals surface area contributed by atoms with Crippen LogP contribution in [0, 0.1) is 0 Å². The smallest absolute Gasteiger partial charge is 0.233 e. The van der Waals surface area contributed by atoms with Crippen LogP contribution >= 0.6 is 11.6 Å². The molecule has 1 aliphatic rings. The molecule has 6 heteroatoms. The van der Waals surface area contributed by atoms with Gasteiger partial charge in [-0.15, -0.1) is 0 Å². The molecule has 4 rings (SSSR count). The molecule has 0 bridgehead atoms. The third-order valence-corrected chi connectivity index (χ3v) is 6.23. The predicted molar refractivity (Wildman–Crippen MR) is 110 cm³/mol. The maximum absolute atomic E-state index is 13.5. The number of halogens is 1. The molecule has 5 nitrogen and oxygen atoms in total. The number of carbonyl (C=O) groups excluding carboxylic acids is 1. The van der Waals surface area contributed by atoms with Gasteiger partial charge in [-0.2, -0.15) is 5.10 Å². The highest BCUT2D eigenvalue weighted by Gasteiger charge is 2.47. The molecule has 0 saturated heterocycles. The molecule has 3 aromatic rings. The van der Waals surface area contributed by atoms with Gasteiger partial charge in [0, 0.05) is 12.1 Å². The summed E-state index contributed by atoms with van der Waals surface area (Å²) >= 11 is 6.04. The lowest BCUT2D eigenvalue weighted by Crippen LogP contribution is -2.50. The minimum absolute atomic E-state index is 0.0259. The number of carbonyl (C=O) groups is 1. The molecule has 1 saturated carbocycles. The van der Waals surface area contributed by atoms with Crippen molar-refractivity contribution in [3.63, 3.8) is 0 Å². The third kappa shape index (κ3) is 3.20. The van der Waals surface area contributed by atoms with E-state index in [4.69, 9.17) is 11.6 Å². The van der Waals surface area contributed by atoms with Crippen LogP contribution in [0.4, 0.5) is 0 Å². The quantitative estimate of drug-likeness (QED) is 0.637. The summed E-state index contributed by atoms with van der Waals surface area (Å²) in [6.45, 7) is 2.07. The van der Waals surface area contributed by atoms with Gasteiger partial charge in [-0.1, -0.05) is 42.3 Å². The summed E-state index contributed by atoms with van der Waals surface area (Å²) < 4.78 is 1.72. The molecule has 144 valence electrons. The second kappa shape index (κ2) is 7.40. The van der Waals surface area contributed by atoms with E-state index >= 15 is 0 Å². The number of amides is 1. The van der Waals surface area contributed by atoms with E-state index in [1.807, 2.05) is 60.5 Å². The molecular weight excluding hydrogens is 372 g/mol. The monoisotopic (exact) mass is 394 g/mol. The molecule has 1 fully saturated rings. The number of rotatable bonds is 5. The minimum Gasteiger partial charge on any atom is -0.338 e. The van der Waals surface area contributed by atoms with E-state index in [9.17, 15) is 4.79 Å². The maximum atomic E-state index is 13.5. The predicted octanol–water partition coefficient (Wildman–Crippen LogP) is 4.56. The second-order valence-corrected chi connectivity index (χ2v) is 7.90. The zero-order valence-corrected chi connectivity index (χ0v) is 16.8. The summed E-state index contributed by atoms with van der Waals surface area (Å²) in [5.41, 5.74) is 2.67. The van der Waals surface area contributed by atoms with Gasteiger partial charge in [0.05, 0.1) is 17.1 Å². The summed E-state index contributed by atoms with van der Waals surface area (Å²) in [5.74, 6) is 0.175. The van der Waals surface area contributed by atoms with Crippen LogP contribution in [-0.2, 0) is 10.2 Å². The van der Waals surface area contributed by atoms with Crippen LogP contribution in [-0.4, -0.2) is 32.6 Å². The number of aromatic nitrogens is 3. The molecular formula is C22H23ClN4O. The van der Waals surface area contributed by atoms with Crippen LogP contribution < -0.4 is 0 Å². The largest absolute Gasteiger partial charge is 0.338 e. The zero-order chi connectivity index (χ0) is 19.7. The first-order chi connectivity index (χ1) is 13.5. The Morgan fingerprint density at radius 3 is 2.36 bits per heavy atom. The summed E-state index contributed by atoms with van der Waals surface area (Å²) in [6, 6.07) is 15.8. The van der Waals surface area contributed by atoms with Gasteiger partial charge in [-0.25, -0.2) is 9.67 Å². The van der Waals surface area contributed by atoms with E-state index in [1.54, 1.807) is 11.0 Å². The van der Waals surface area contributed by atoms with Crippen LogP contribution in [0.15, 0.2) is 61.2 Å². The average molecular weight is 395 g/mol. The highest BCUT2D eigenvalue weighted by molar-refractivity contribution is 6.30. The lowest BCUT2D eigenvalue weighted by molar-refractivity contribution is -0.141. The Morgan fingerprint density at radius 1 is 1.14 bits per heavy atom. The first-order valence-corrected chi connectivity index (χ1v) is 9.87. The number of hydrogen-bond acceptors (Lipinski definition) is 3. The average Bonchev–Trinajstić information content (AvgIpc) is 3.22. The molecule has 0 N–H and O–H groups in total. The highest BCUT2D eigenvalue weighted by atomic mass is 35.5. The van der Waals surface area contributed by atoms with Gasteiger partial charge < -0.3 is 4.90 Å². The van der Waals surface area contributed by atoms with E-state index in [0.717, 1.165) is 36.1 Å². The number of likely N-dealkylation sites (N-methyl/N-ethyl adjacent to an activating group) is 1. The number of hydrogen-bond donors (Lipinski definition) is 0. The molecule has 1 heterocycles. The van der Waals surface area contributed by atoms with E-state index in [1.165, 1.54) is 6.33 Å². The molecule has 2 aromatic carbocycles. The second-order valence-electron chi connectivity index (χ2n) is 7.47. The first kappa shape index (κ1) is 18.7. The molecule has 0 spiro atoms. The fourth-order valence-corrected chi connectivity index (χ4v) is 4.04. The summed E-state index contributed by atoms with van der Waals surface area (Å²) in [7, 11) is 1.90. The van der Waals surface area contributed by atoms with Crippen LogP contribution in [0.1, 0.15) is 43.4 Å². The SMILES string of the molecule is CC(c1ccc(-n2cncn2)cc1)N(C)C(=O)C1(c2ccc(Cl)cc2)CCC1. The van der Waals surface area contributed by atoms with E-state index in [2.05, 4.69) is 17.0 Å². The van der Waals surface area contributed by atoms with Gasteiger partial charge in [-0.3, -0.25) is 4.79 Å². The van der Waals surface area contributed by atoms with Crippen molar-refractivity contribution in [2.45, 2.75) is 37.6 Å². The number of nitrogens with zero attached hydrogens (tertiary/aromatic N) is 4. The van der Waals surface area contributed by atoms with E-state index in [-0.39, 0.29) is 11.9 Å². The van der Waals surface area contributed by atoms with Gasteiger partial charge in [0.15, 0.2) is 0 Å². The van der Waals surface area contributed by atoms with Crippen LogP contribution in [0.25, 0.3) is 5.69 Å². The summed E-state index contributed by atoms with van der Waals surface area (Å²) in [5, 5.41) is 4.84. The van der Waals surface area contributed by atoms with Crippen molar-refractivity contribution in [1.82, 2.24) is 19.7 Å². The molecule has 0 aliphatic heterocycles. The normalized spacial score (nSPS) is 16.2. The molecule has 0 radical (unpaired) electrons. The lowest BCUT2D eigenvalue weighted by Gasteiger charge is -2.44. The van der Waals surface area contributed by atoms with Gasteiger partial charge in [-0.05, 0) is 55.2 Å². The van der Waals surface area contributed by atoms with Gasteiger partial charge in [0.1, 0.15) is 12.7 Å².